The number of nitrogens with one attached hydrogen (secondary N) is 1. The number of carbonyl (C=O) groups is 1. The third-order valence-corrected chi connectivity index (χ3v) is 2.83. The van der Waals surface area contributed by atoms with Crippen molar-refractivity contribution in [2.24, 2.45) is 5.92 Å². The summed E-state index contributed by atoms with van der Waals surface area (Å²) < 4.78 is 0. The van der Waals surface area contributed by atoms with Crippen LogP contribution in [0.1, 0.15) is 19.3 Å². The molecule has 0 amide bonds. The van der Waals surface area contributed by atoms with Gasteiger partial charge in [-0.15, -0.1) is 0 Å². The zero-order valence-electron chi connectivity index (χ0n) is 6.84. The Bertz CT molecular complexity index is 181. The molecule has 0 aromatic heterocycles. The second-order valence-corrected chi connectivity index (χ2v) is 3.52. The molecule has 1 N–H and O–H groups in total. The van der Waals surface area contributed by atoms with E-state index >= 15 is 0 Å². The molecule has 11 heavy (non-hydrogen) atoms. The maximum absolute atomic E-state index is 11.3. The highest BCUT2D eigenvalue weighted by Gasteiger charge is 2.39. The van der Waals surface area contributed by atoms with Crippen LogP contribution in [0.3, 0.4) is 0 Å². The lowest BCUT2D eigenvalue weighted by Crippen LogP contribution is -2.52. The topological polar surface area (TPSA) is 32.3 Å². The molecular weight excluding hydrogens is 140 g/mol. The van der Waals surface area contributed by atoms with Crippen molar-refractivity contribution in [3.63, 3.8) is 0 Å². The summed E-state index contributed by atoms with van der Waals surface area (Å²) in [6.45, 7) is 1.03. The molecule has 0 radical (unpaired) electrons. The van der Waals surface area contributed by atoms with E-state index in [1.54, 1.807) is 0 Å². The molecule has 2 unspecified atom stereocenters. The van der Waals surface area contributed by atoms with Crippen LogP contribution in [0, 0.1) is 5.92 Å². The fourth-order valence-corrected chi connectivity index (χ4v) is 2.26. The average molecular weight is 154 g/mol. The molecule has 2 fully saturated rings. The van der Waals surface area contributed by atoms with Gasteiger partial charge in [-0.3, -0.25) is 10.2 Å². The Morgan fingerprint density at radius 2 is 2.36 bits per heavy atom. The van der Waals surface area contributed by atoms with Gasteiger partial charge in [0.15, 0.2) is 5.78 Å². The number of hydrogen-bond donors (Lipinski definition) is 1. The van der Waals surface area contributed by atoms with Crippen molar-refractivity contribution in [3.05, 3.63) is 0 Å². The number of fused-ring (bicyclic) bond motifs is 1. The van der Waals surface area contributed by atoms with Crippen LogP contribution < -0.4 is 5.43 Å². The Balaban J connectivity index is 2.14. The average Bonchev–Trinajstić information content (AvgIpc) is 2.34. The van der Waals surface area contributed by atoms with Crippen LogP contribution in [0.25, 0.3) is 0 Å². The molecule has 1 saturated carbocycles. The van der Waals surface area contributed by atoms with Gasteiger partial charge in [0, 0.05) is 20.0 Å². The summed E-state index contributed by atoms with van der Waals surface area (Å²) in [5.74, 6) is 1.05. The summed E-state index contributed by atoms with van der Waals surface area (Å²) >= 11 is 0. The number of hydrazine groups is 1. The Morgan fingerprint density at radius 1 is 1.55 bits per heavy atom. The van der Waals surface area contributed by atoms with Crippen molar-refractivity contribution >= 4 is 5.78 Å². The fourth-order valence-electron chi connectivity index (χ4n) is 2.26. The molecule has 0 aromatic rings. The predicted octanol–water partition coefficient (Wildman–Crippen LogP) is 0.174. The first-order chi connectivity index (χ1) is 5.29. The molecule has 2 rings (SSSR count). The third kappa shape index (κ3) is 1.08. The Morgan fingerprint density at radius 3 is 3.09 bits per heavy atom. The first-order valence-corrected chi connectivity index (χ1v) is 4.28. The van der Waals surface area contributed by atoms with E-state index in [4.69, 9.17) is 0 Å². The van der Waals surface area contributed by atoms with E-state index in [2.05, 4.69) is 5.43 Å². The highest BCUT2D eigenvalue weighted by Crippen LogP contribution is 2.30. The van der Waals surface area contributed by atoms with Crippen LogP contribution in [0.2, 0.25) is 0 Å². The summed E-state index contributed by atoms with van der Waals surface area (Å²) in [7, 11) is 1.97. The van der Waals surface area contributed by atoms with E-state index in [1.807, 2.05) is 12.1 Å². The van der Waals surface area contributed by atoms with Gasteiger partial charge in [0.25, 0.3) is 0 Å². The number of ketones is 1. The molecule has 62 valence electrons. The normalized spacial score (nSPS) is 39.2. The Labute approximate surface area is 66.7 Å². The van der Waals surface area contributed by atoms with Crippen molar-refractivity contribution in [1.29, 1.82) is 0 Å². The second-order valence-electron chi connectivity index (χ2n) is 3.52. The zero-order chi connectivity index (χ0) is 7.84. The Hall–Kier alpha value is -0.410. The quantitative estimate of drug-likeness (QED) is 0.540. The van der Waals surface area contributed by atoms with Gasteiger partial charge in [-0.2, -0.15) is 0 Å². The molecule has 0 aromatic carbocycles. The molecule has 1 saturated heterocycles. The molecule has 1 aliphatic carbocycles. The number of rotatable bonds is 0. The summed E-state index contributed by atoms with van der Waals surface area (Å²) in [5.41, 5.74) is 3.20. The number of nitrogens with zero attached hydrogens (tertiary/aromatic N) is 1. The number of carbonyl (C=O) groups excluding carboxylic acids is 1. The highest BCUT2D eigenvalue weighted by molar-refractivity contribution is 5.86. The van der Waals surface area contributed by atoms with Crippen molar-refractivity contribution in [3.8, 4) is 0 Å². The predicted molar refractivity (Wildman–Crippen MR) is 41.9 cm³/mol. The van der Waals surface area contributed by atoms with E-state index in [9.17, 15) is 4.79 Å². The minimum Gasteiger partial charge on any atom is -0.298 e. The molecule has 1 aliphatic heterocycles. The SMILES string of the molecule is CN1NCCC2CCC(=O)C21. The molecule has 3 heteroatoms. The fraction of sp³-hybridized carbons (Fsp3) is 0.875. The van der Waals surface area contributed by atoms with Gasteiger partial charge >= 0.3 is 0 Å². The minimum absolute atomic E-state index is 0.184. The summed E-state index contributed by atoms with van der Waals surface area (Å²) in [6, 6.07) is 0.184. The van der Waals surface area contributed by atoms with Crippen molar-refractivity contribution in [2.45, 2.75) is 25.3 Å². The lowest BCUT2D eigenvalue weighted by molar-refractivity contribution is -0.124. The van der Waals surface area contributed by atoms with Gasteiger partial charge < -0.3 is 0 Å². The largest absolute Gasteiger partial charge is 0.298 e. The molecule has 0 bridgehead atoms. The Kier molecular flexibility index (Phi) is 1.69. The standard InChI is InChI=1S/C8H14N2O/c1-10-8-6(4-5-9-10)2-3-7(8)11/h6,8-9H,2-5H2,1H3. The number of hydrogen-bond acceptors (Lipinski definition) is 3. The highest BCUT2D eigenvalue weighted by atomic mass is 16.1. The van der Waals surface area contributed by atoms with Crippen LogP contribution in [0.5, 0.6) is 0 Å². The maximum atomic E-state index is 11.3. The van der Waals surface area contributed by atoms with Gasteiger partial charge in [0.1, 0.15) is 0 Å². The lowest BCUT2D eigenvalue weighted by atomic mass is 9.97. The van der Waals surface area contributed by atoms with Crippen LogP contribution >= 0.6 is 0 Å². The summed E-state index contributed by atoms with van der Waals surface area (Å²) in [5, 5.41) is 1.99. The summed E-state index contributed by atoms with van der Waals surface area (Å²) in [4.78, 5) is 11.3. The zero-order valence-corrected chi connectivity index (χ0v) is 6.84. The molecule has 2 atom stereocenters. The number of Topliss-reactive ketones (excluding diaryl/α,β-unsaturated/α-hetero) is 1. The van der Waals surface area contributed by atoms with Crippen LogP contribution in [-0.2, 0) is 4.79 Å². The van der Waals surface area contributed by atoms with Crippen LogP contribution in [-0.4, -0.2) is 30.4 Å². The van der Waals surface area contributed by atoms with E-state index in [-0.39, 0.29) is 6.04 Å². The van der Waals surface area contributed by atoms with Gasteiger partial charge in [-0.05, 0) is 18.8 Å². The molecule has 2 aliphatic rings. The van der Waals surface area contributed by atoms with Gasteiger partial charge in [-0.25, -0.2) is 5.01 Å². The molecule has 1 heterocycles. The third-order valence-electron chi connectivity index (χ3n) is 2.83. The van der Waals surface area contributed by atoms with E-state index in [1.165, 1.54) is 6.42 Å². The van der Waals surface area contributed by atoms with Crippen LogP contribution in [0.15, 0.2) is 0 Å². The van der Waals surface area contributed by atoms with Crippen molar-refractivity contribution in [1.82, 2.24) is 10.4 Å². The molecule has 3 nitrogen and oxygen atoms in total. The lowest BCUT2D eigenvalue weighted by Gasteiger charge is -2.34. The van der Waals surface area contributed by atoms with E-state index < -0.39 is 0 Å². The van der Waals surface area contributed by atoms with E-state index in [0.29, 0.717) is 11.7 Å². The van der Waals surface area contributed by atoms with Gasteiger partial charge in [0.2, 0.25) is 0 Å². The van der Waals surface area contributed by atoms with Gasteiger partial charge in [-0.1, -0.05) is 0 Å². The number of likely N-dealkylation sites (N-methyl/N-ethyl adjacent to an activating group) is 1. The van der Waals surface area contributed by atoms with E-state index in [0.717, 1.165) is 19.4 Å². The first kappa shape index (κ1) is 7.25. The minimum atomic E-state index is 0.184. The monoisotopic (exact) mass is 154 g/mol. The molecule has 0 spiro atoms. The maximum Gasteiger partial charge on any atom is 0.151 e. The first-order valence-electron chi connectivity index (χ1n) is 4.28. The van der Waals surface area contributed by atoms with Crippen molar-refractivity contribution < 1.29 is 4.79 Å². The van der Waals surface area contributed by atoms with Gasteiger partial charge in [0.05, 0.1) is 6.04 Å². The smallest absolute Gasteiger partial charge is 0.151 e. The molecular formula is C8H14N2O. The summed E-state index contributed by atoms with van der Waals surface area (Å²) in [6.07, 6.45) is 3.07. The van der Waals surface area contributed by atoms with Crippen LogP contribution in [0.4, 0.5) is 0 Å². The second kappa shape index (κ2) is 2.57. The van der Waals surface area contributed by atoms with Crippen molar-refractivity contribution in [2.75, 3.05) is 13.6 Å².